The van der Waals surface area contributed by atoms with Crippen LogP contribution < -0.4 is 0 Å². The van der Waals surface area contributed by atoms with Gasteiger partial charge in [0, 0.05) is 50.1 Å². The number of hydrogen-bond acceptors (Lipinski definition) is 3. The summed E-state index contributed by atoms with van der Waals surface area (Å²) >= 11 is 0. The van der Waals surface area contributed by atoms with Crippen LogP contribution in [0.4, 0.5) is 8.78 Å². The van der Waals surface area contributed by atoms with Gasteiger partial charge in [0.1, 0.15) is 23.6 Å². The molecule has 128 valence electrons. The number of imidazole rings is 1. The van der Waals surface area contributed by atoms with E-state index in [1.807, 2.05) is 0 Å². The van der Waals surface area contributed by atoms with Gasteiger partial charge < -0.3 is 14.6 Å². The lowest BCUT2D eigenvalue weighted by Crippen LogP contribution is -2.42. The fourth-order valence-corrected chi connectivity index (χ4v) is 3.18. The van der Waals surface area contributed by atoms with E-state index in [-0.39, 0.29) is 11.5 Å². The van der Waals surface area contributed by atoms with Gasteiger partial charge in [-0.2, -0.15) is 0 Å². The Morgan fingerprint density at radius 1 is 1.33 bits per heavy atom. The third-order valence-electron chi connectivity index (χ3n) is 4.42. The molecule has 2 atom stereocenters. The molecule has 0 bridgehead atoms. The Morgan fingerprint density at radius 3 is 2.67 bits per heavy atom. The molecule has 1 amide bonds. The van der Waals surface area contributed by atoms with Crippen LogP contribution in [0.2, 0.25) is 0 Å². The Morgan fingerprint density at radius 2 is 2.04 bits per heavy atom. The van der Waals surface area contributed by atoms with Crippen molar-refractivity contribution in [3.63, 3.8) is 0 Å². The smallest absolute Gasteiger partial charge is 0.254 e. The topological polar surface area (TPSA) is 58.4 Å². The van der Waals surface area contributed by atoms with Crippen molar-refractivity contribution in [2.45, 2.75) is 18.9 Å². The molecular weight excluding hydrogens is 316 g/mol. The van der Waals surface area contributed by atoms with Gasteiger partial charge in [0.15, 0.2) is 0 Å². The lowest BCUT2D eigenvalue weighted by atomic mass is 9.91. The SMILES string of the molecule is Cn1ccnc1C(O)C1CCCN(C(=O)c2cc(F)cc(F)c2)C1. The molecule has 2 aromatic rings. The second kappa shape index (κ2) is 6.68. The number of aliphatic hydroxyl groups excluding tert-OH is 1. The predicted molar refractivity (Wildman–Crippen MR) is 83.2 cm³/mol. The lowest BCUT2D eigenvalue weighted by molar-refractivity contribution is 0.0358. The monoisotopic (exact) mass is 335 g/mol. The lowest BCUT2D eigenvalue weighted by Gasteiger charge is -2.35. The molecule has 0 aliphatic carbocycles. The second-order valence-corrected chi connectivity index (χ2v) is 6.15. The van der Waals surface area contributed by atoms with Crippen LogP contribution in [0, 0.1) is 17.6 Å². The Kier molecular flexibility index (Phi) is 4.62. The first kappa shape index (κ1) is 16.6. The molecule has 2 heterocycles. The highest BCUT2D eigenvalue weighted by Gasteiger charge is 2.31. The van der Waals surface area contributed by atoms with Gasteiger partial charge in [0.25, 0.3) is 5.91 Å². The molecule has 3 rings (SSSR count). The second-order valence-electron chi connectivity index (χ2n) is 6.15. The number of carbonyl (C=O) groups excluding carboxylic acids is 1. The summed E-state index contributed by atoms with van der Waals surface area (Å²) in [4.78, 5) is 18.2. The van der Waals surface area contributed by atoms with Gasteiger partial charge in [-0.05, 0) is 25.0 Å². The Hall–Kier alpha value is -2.28. The molecule has 0 saturated carbocycles. The van der Waals surface area contributed by atoms with Crippen LogP contribution in [-0.2, 0) is 7.05 Å². The number of rotatable bonds is 3. The number of nitrogens with zero attached hydrogens (tertiary/aromatic N) is 3. The van der Waals surface area contributed by atoms with E-state index >= 15 is 0 Å². The van der Waals surface area contributed by atoms with Gasteiger partial charge in [0.05, 0.1) is 0 Å². The van der Waals surface area contributed by atoms with Gasteiger partial charge in [-0.25, -0.2) is 13.8 Å². The predicted octanol–water partition coefficient (Wildman–Crippen LogP) is 2.28. The molecular formula is C17H19F2N3O2. The van der Waals surface area contributed by atoms with Gasteiger partial charge in [0.2, 0.25) is 0 Å². The molecule has 1 aromatic carbocycles. The third-order valence-corrected chi connectivity index (χ3v) is 4.42. The van der Waals surface area contributed by atoms with E-state index in [1.165, 1.54) is 4.90 Å². The van der Waals surface area contributed by atoms with Crippen molar-refractivity contribution >= 4 is 5.91 Å². The molecule has 5 nitrogen and oxygen atoms in total. The minimum Gasteiger partial charge on any atom is -0.385 e. The molecule has 1 saturated heterocycles. The molecule has 7 heteroatoms. The molecule has 24 heavy (non-hydrogen) atoms. The fraction of sp³-hybridized carbons (Fsp3) is 0.412. The van der Waals surface area contributed by atoms with Crippen molar-refractivity contribution in [1.29, 1.82) is 0 Å². The number of halogens is 2. The van der Waals surface area contributed by atoms with Gasteiger partial charge in [-0.3, -0.25) is 4.79 Å². The summed E-state index contributed by atoms with van der Waals surface area (Å²) in [5, 5.41) is 10.5. The zero-order valence-corrected chi connectivity index (χ0v) is 13.3. The summed E-state index contributed by atoms with van der Waals surface area (Å²) in [7, 11) is 1.80. The number of benzene rings is 1. The van der Waals surface area contributed by atoms with Gasteiger partial charge in [-0.1, -0.05) is 0 Å². The maximum atomic E-state index is 13.3. The Labute approximate surface area is 138 Å². The van der Waals surface area contributed by atoms with Crippen LogP contribution in [0.5, 0.6) is 0 Å². The van der Waals surface area contributed by atoms with Crippen LogP contribution in [-0.4, -0.2) is 38.6 Å². The summed E-state index contributed by atoms with van der Waals surface area (Å²) < 4.78 is 28.4. The van der Waals surface area contributed by atoms with E-state index in [0.717, 1.165) is 31.0 Å². The van der Waals surface area contributed by atoms with Gasteiger partial charge >= 0.3 is 0 Å². The minimum absolute atomic E-state index is 0.0142. The average Bonchev–Trinajstić information content (AvgIpc) is 2.98. The van der Waals surface area contributed by atoms with E-state index in [2.05, 4.69) is 4.98 Å². The van der Waals surface area contributed by atoms with E-state index in [4.69, 9.17) is 0 Å². The molecule has 1 aromatic heterocycles. The van der Waals surface area contributed by atoms with Crippen molar-refractivity contribution in [2.24, 2.45) is 13.0 Å². The summed E-state index contributed by atoms with van der Waals surface area (Å²) in [6, 6.07) is 2.80. The average molecular weight is 335 g/mol. The van der Waals surface area contributed by atoms with E-state index in [9.17, 15) is 18.7 Å². The summed E-state index contributed by atoms with van der Waals surface area (Å²) in [6.45, 7) is 0.825. The molecule has 1 N–H and O–H groups in total. The maximum absolute atomic E-state index is 13.3. The van der Waals surface area contributed by atoms with Gasteiger partial charge in [-0.15, -0.1) is 0 Å². The van der Waals surface area contributed by atoms with Crippen molar-refractivity contribution in [1.82, 2.24) is 14.5 Å². The Balaban J connectivity index is 1.75. The summed E-state index contributed by atoms with van der Waals surface area (Å²) in [5.41, 5.74) is -0.0142. The molecule has 0 radical (unpaired) electrons. The highest BCUT2D eigenvalue weighted by Crippen LogP contribution is 2.29. The summed E-state index contributed by atoms with van der Waals surface area (Å²) in [5.74, 6) is -1.60. The largest absolute Gasteiger partial charge is 0.385 e. The first-order valence-corrected chi connectivity index (χ1v) is 7.86. The highest BCUT2D eigenvalue weighted by molar-refractivity contribution is 5.94. The van der Waals surface area contributed by atoms with Crippen LogP contribution in [0.1, 0.15) is 35.1 Å². The first-order valence-electron chi connectivity index (χ1n) is 7.86. The van der Waals surface area contributed by atoms with Crippen molar-refractivity contribution in [3.8, 4) is 0 Å². The maximum Gasteiger partial charge on any atom is 0.254 e. The molecule has 1 fully saturated rings. The normalized spacial score (nSPS) is 19.3. The van der Waals surface area contributed by atoms with Crippen molar-refractivity contribution in [2.75, 3.05) is 13.1 Å². The highest BCUT2D eigenvalue weighted by atomic mass is 19.1. The number of amides is 1. The standard InChI is InChI=1S/C17H19F2N3O2/c1-21-6-4-20-16(21)15(23)11-3-2-5-22(10-11)17(24)12-7-13(18)9-14(19)8-12/h4,6-9,11,15,23H,2-3,5,10H2,1H3. The molecule has 1 aliphatic heterocycles. The van der Waals surface area contributed by atoms with E-state index in [1.54, 1.807) is 24.0 Å². The third kappa shape index (κ3) is 3.31. The van der Waals surface area contributed by atoms with E-state index < -0.39 is 23.6 Å². The quantitative estimate of drug-likeness (QED) is 0.936. The van der Waals surface area contributed by atoms with Crippen molar-refractivity contribution in [3.05, 3.63) is 53.6 Å². The van der Waals surface area contributed by atoms with Crippen LogP contribution in [0.3, 0.4) is 0 Å². The molecule has 0 spiro atoms. The minimum atomic E-state index is -0.787. The number of carbonyl (C=O) groups is 1. The number of likely N-dealkylation sites (tertiary alicyclic amines) is 1. The van der Waals surface area contributed by atoms with Crippen LogP contribution in [0.25, 0.3) is 0 Å². The van der Waals surface area contributed by atoms with Crippen molar-refractivity contribution < 1.29 is 18.7 Å². The molecule has 2 unspecified atom stereocenters. The van der Waals surface area contributed by atoms with E-state index in [0.29, 0.717) is 18.9 Å². The number of piperidine rings is 1. The van der Waals surface area contributed by atoms with Crippen LogP contribution in [0.15, 0.2) is 30.6 Å². The fourth-order valence-electron chi connectivity index (χ4n) is 3.18. The number of aliphatic hydroxyl groups is 1. The number of hydrogen-bond donors (Lipinski definition) is 1. The molecule has 1 aliphatic rings. The van der Waals surface area contributed by atoms with Crippen LogP contribution >= 0.6 is 0 Å². The zero-order chi connectivity index (χ0) is 17.3. The number of aromatic nitrogens is 2. The number of aryl methyl sites for hydroxylation is 1. The summed E-state index contributed by atoms with van der Waals surface area (Å²) in [6.07, 6.45) is 4.05. The Bertz CT molecular complexity index is 727. The zero-order valence-electron chi connectivity index (χ0n) is 13.3. The first-order chi connectivity index (χ1) is 11.5.